The molecule has 0 unspecified atom stereocenters. The van der Waals surface area contributed by atoms with Crippen molar-refractivity contribution in [3.8, 4) is 0 Å². The van der Waals surface area contributed by atoms with E-state index in [0.717, 1.165) is 12.6 Å². The van der Waals surface area contributed by atoms with Gasteiger partial charge in [0.15, 0.2) is 0 Å². The lowest BCUT2D eigenvalue weighted by Gasteiger charge is -2.38. The first-order chi connectivity index (χ1) is 8.32. The minimum absolute atomic E-state index is 1.04. The Morgan fingerprint density at radius 1 is 1.00 bits per heavy atom. The third kappa shape index (κ3) is 2.54. The molecule has 0 spiro atoms. The molecule has 0 saturated carbocycles. The van der Waals surface area contributed by atoms with Crippen LogP contribution in [0.15, 0.2) is 30.3 Å². The first kappa shape index (κ1) is 12.6. The van der Waals surface area contributed by atoms with Crippen molar-refractivity contribution in [2.24, 2.45) is 0 Å². The van der Waals surface area contributed by atoms with Crippen LogP contribution in [0.25, 0.3) is 0 Å². The van der Waals surface area contributed by atoms with Crippen LogP contribution in [0.2, 0.25) is 6.04 Å². The first-order valence-corrected chi connectivity index (χ1v) is 8.22. The summed E-state index contributed by atoms with van der Waals surface area (Å²) < 4.78 is 14.0. The van der Waals surface area contributed by atoms with E-state index in [2.05, 4.69) is 28.8 Å². The summed E-state index contributed by atoms with van der Waals surface area (Å²) >= 11 is 0. The summed E-state index contributed by atoms with van der Waals surface area (Å²) in [5.74, 6) is 0. The van der Waals surface area contributed by atoms with Gasteiger partial charge < -0.3 is 13.4 Å². The van der Waals surface area contributed by atoms with Crippen LogP contribution in [0.3, 0.4) is 0 Å². The van der Waals surface area contributed by atoms with Crippen LogP contribution >= 0.6 is 0 Å². The Bertz CT molecular complexity index is 341. The maximum Gasteiger partial charge on any atom is 0.458 e. The molecule has 0 atom stereocenters. The molecule has 1 aromatic carbocycles. The quantitative estimate of drug-likeness (QED) is 0.771. The molecule has 1 saturated heterocycles. The van der Waals surface area contributed by atoms with E-state index in [1.807, 2.05) is 6.07 Å². The molecule has 1 aliphatic rings. The molecule has 0 aromatic heterocycles. The monoisotopic (exact) mass is 251 g/mol. The summed E-state index contributed by atoms with van der Waals surface area (Å²) in [6.45, 7) is 1.04. The third-order valence-corrected chi connectivity index (χ3v) is 7.06. The van der Waals surface area contributed by atoms with Gasteiger partial charge in [-0.2, -0.15) is 0 Å². The summed E-state index contributed by atoms with van der Waals surface area (Å²) in [6, 6.07) is 11.5. The largest absolute Gasteiger partial charge is 0.458 e. The predicted octanol–water partition coefficient (Wildman–Crippen LogP) is 2.91. The second-order valence-corrected chi connectivity index (χ2v) is 7.70. The molecule has 1 fully saturated rings. The van der Waals surface area contributed by atoms with Crippen LogP contribution in [0.5, 0.6) is 0 Å². The zero-order valence-corrected chi connectivity index (χ0v) is 11.7. The van der Waals surface area contributed by atoms with E-state index in [-0.39, 0.29) is 0 Å². The van der Waals surface area contributed by atoms with Crippen molar-refractivity contribution >= 4 is 14.4 Å². The first-order valence-electron chi connectivity index (χ1n) is 6.25. The summed E-state index contributed by atoms with van der Waals surface area (Å²) in [6.07, 6.45) is 3.69. The molecule has 3 nitrogen and oxygen atoms in total. The van der Waals surface area contributed by atoms with Gasteiger partial charge in [0.1, 0.15) is 0 Å². The molecular weight excluding hydrogens is 230 g/mol. The minimum atomic E-state index is -2.22. The fourth-order valence-electron chi connectivity index (χ4n) is 2.54. The Kier molecular flexibility index (Phi) is 4.20. The summed E-state index contributed by atoms with van der Waals surface area (Å²) in [5.41, 5.74) is 1.23. The van der Waals surface area contributed by atoms with Crippen molar-refractivity contribution in [3.05, 3.63) is 30.3 Å². The predicted molar refractivity (Wildman–Crippen MR) is 72.2 cm³/mol. The van der Waals surface area contributed by atoms with Gasteiger partial charge in [-0.25, -0.2) is 0 Å². The molecule has 0 aliphatic carbocycles. The van der Waals surface area contributed by atoms with Gasteiger partial charge in [-0.15, -0.1) is 0 Å². The molecule has 17 heavy (non-hydrogen) atoms. The number of benzene rings is 1. The van der Waals surface area contributed by atoms with Crippen molar-refractivity contribution < 1.29 is 8.85 Å². The van der Waals surface area contributed by atoms with Gasteiger partial charge in [0.25, 0.3) is 0 Å². The van der Waals surface area contributed by atoms with Crippen LogP contribution in [0.4, 0.5) is 5.69 Å². The smallest absolute Gasteiger partial charge is 0.382 e. The highest BCUT2D eigenvalue weighted by atomic mass is 28.4. The molecule has 0 radical (unpaired) electrons. The van der Waals surface area contributed by atoms with E-state index in [9.17, 15) is 0 Å². The lowest BCUT2D eigenvalue weighted by Crippen LogP contribution is -2.57. The van der Waals surface area contributed by atoms with E-state index < -0.39 is 8.72 Å². The Balaban J connectivity index is 2.32. The number of hydrogen-bond donors (Lipinski definition) is 0. The zero-order valence-electron chi connectivity index (χ0n) is 10.7. The van der Waals surface area contributed by atoms with Crippen molar-refractivity contribution in [1.29, 1.82) is 0 Å². The normalized spacial score (nSPS) is 20.0. The van der Waals surface area contributed by atoms with Gasteiger partial charge in [-0.3, -0.25) is 0 Å². The van der Waals surface area contributed by atoms with Crippen LogP contribution in [0, 0.1) is 0 Å². The number of hydrogen-bond acceptors (Lipinski definition) is 3. The molecule has 94 valence electrons. The van der Waals surface area contributed by atoms with Crippen molar-refractivity contribution in [2.75, 3.05) is 25.3 Å². The summed E-state index contributed by atoms with van der Waals surface area (Å²) in [4.78, 5) is 0. The fourth-order valence-corrected chi connectivity index (χ4v) is 5.57. The van der Waals surface area contributed by atoms with Gasteiger partial charge in [-0.05, 0) is 25.0 Å². The van der Waals surface area contributed by atoms with Gasteiger partial charge >= 0.3 is 8.72 Å². The molecule has 1 aliphatic heterocycles. The number of nitrogens with zero attached hydrogens (tertiary/aromatic N) is 1. The van der Waals surface area contributed by atoms with E-state index >= 15 is 0 Å². The highest BCUT2D eigenvalue weighted by molar-refractivity contribution is 6.71. The second-order valence-electron chi connectivity index (χ2n) is 4.42. The standard InChI is InChI=1S/C13H21NO2Si/c1-15-17(16-2)12-8-4-7-11-14(17)13-9-5-3-6-10-13/h3,5-6,9-10H,4,7-8,11-12H2,1-2H3. The van der Waals surface area contributed by atoms with Crippen LogP contribution in [-0.2, 0) is 8.85 Å². The van der Waals surface area contributed by atoms with Crippen LogP contribution < -0.4 is 4.57 Å². The third-order valence-electron chi connectivity index (χ3n) is 3.49. The number of rotatable bonds is 3. The van der Waals surface area contributed by atoms with Crippen LogP contribution in [0.1, 0.15) is 19.3 Å². The van der Waals surface area contributed by atoms with E-state index in [1.165, 1.54) is 24.9 Å². The molecule has 2 rings (SSSR count). The maximum atomic E-state index is 5.82. The minimum Gasteiger partial charge on any atom is -0.382 e. The van der Waals surface area contributed by atoms with Gasteiger partial charge in [0.05, 0.1) is 0 Å². The number of anilines is 1. The molecule has 4 heteroatoms. The van der Waals surface area contributed by atoms with Gasteiger partial charge in [0, 0.05) is 32.5 Å². The Hall–Kier alpha value is -0.843. The van der Waals surface area contributed by atoms with Gasteiger partial charge in [-0.1, -0.05) is 24.6 Å². The Labute approximate surface area is 105 Å². The second kappa shape index (κ2) is 5.66. The highest BCUT2D eigenvalue weighted by Gasteiger charge is 2.44. The zero-order chi connectivity index (χ0) is 12.1. The SMILES string of the molecule is CO[Si]1(OC)CCCCCN1c1ccccc1. The van der Waals surface area contributed by atoms with E-state index in [1.54, 1.807) is 14.2 Å². The van der Waals surface area contributed by atoms with Crippen molar-refractivity contribution in [3.63, 3.8) is 0 Å². The van der Waals surface area contributed by atoms with Crippen molar-refractivity contribution in [1.82, 2.24) is 0 Å². The Morgan fingerprint density at radius 3 is 2.35 bits per heavy atom. The van der Waals surface area contributed by atoms with E-state index in [0.29, 0.717) is 0 Å². The lowest BCUT2D eigenvalue weighted by molar-refractivity contribution is 0.239. The molecule has 0 N–H and O–H groups in total. The summed E-state index contributed by atoms with van der Waals surface area (Å²) in [5, 5.41) is 0. The number of para-hydroxylation sites is 1. The fraction of sp³-hybridized carbons (Fsp3) is 0.538. The maximum absolute atomic E-state index is 5.82. The average molecular weight is 251 g/mol. The van der Waals surface area contributed by atoms with Crippen LogP contribution in [-0.4, -0.2) is 29.5 Å². The Morgan fingerprint density at radius 2 is 1.71 bits per heavy atom. The highest BCUT2D eigenvalue weighted by Crippen LogP contribution is 2.30. The van der Waals surface area contributed by atoms with Gasteiger partial charge in [0.2, 0.25) is 0 Å². The molecule has 1 aromatic rings. The summed E-state index contributed by atoms with van der Waals surface area (Å²) in [7, 11) is 1.36. The van der Waals surface area contributed by atoms with E-state index in [4.69, 9.17) is 8.85 Å². The molecule has 0 amide bonds. The molecule has 0 bridgehead atoms. The molecular formula is C13H21NO2Si. The topological polar surface area (TPSA) is 21.7 Å². The molecule has 1 heterocycles. The lowest BCUT2D eigenvalue weighted by atomic mass is 10.2. The average Bonchev–Trinajstić information content (AvgIpc) is 2.62. The van der Waals surface area contributed by atoms with Crippen molar-refractivity contribution in [2.45, 2.75) is 25.3 Å².